The number of allylic oxidation sites excluding steroid dienone is 4. The van der Waals surface area contributed by atoms with E-state index < -0.39 is 8.07 Å². The van der Waals surface area contributed by atoms with Crippen LogP contribution < -0.4 is 0 Å². The van der Waals surface area contributed by atoms with Crippen molar-refractivity contribution >= 4 is 8.07 Å². The van der Waals surface area contributed by atoms with Crippen molar-refractivity contribution in [3.63, 3.8) is 0 Å². The van der Waals surface area contributed by atoms with Gasteiger partial charge in [0.15, 0.2) is 0 Å². The Labute approximate surface area is 86.1 Å². The van der Waals surface area contributed by atoms with Crippen molar-refractivity contribution in [3.8, 4) is 0 Å². The zero-order valence-electron chi connectivity index (χ0n) is 8.57. The predicted octanol–water partition coefficient (Wildman–Crippen LogP) is 3.67. The van der Waals surface area contributed by atoms with Gasteiger partial charge in [0.2, 0.25) is 0 Å². The monoisotopic (exact) mass is 214 g/mol. The Kier molecular flexibility index (Phi) is 3.57. The second kappa shape index (κ2) is 4.08. The van der Waals surface area contributed by atoms with Crippen LogP contribution in [0.1, 0.15) is 6.42 Å². The average molecular weight is 214 g/mol. The summed E-state index contributed by atoms with van der Waals surface area (Å²) in [6.45, 7) is 7.37. The molecule has 0 fully saturated rings. The molecule has 0 aromatic carbocycles. The molecule has 66 valence electrons. The molecule has 0 unspecified atom stereocenters. The maximum atomic E-state index is 2.46. The first-order chi connectivity index (χ1) is 5.53. The van der Waals surface area contributed by atoms with Crippen LogP contribution in [0.4, 0.5) is 0 Å². The fourth-order valence-corrected chi connectivity index (χ4v) is 4.57. The van der Waals surface area contributed by atoms with Crippen molar-refractivity contribution in [2.75, 3.05) is 0 Å². The number of hydrogen-bond acceptors (Lipinski definition) is 0. The van der Waals surface area contributed by atoms with Gasteiger partial charge in [0, 0.05) is 0 Å². The molecule has 1 aliphatic carbocycles. The van der Waals surface area contributed by atoms with Gasteiger partial charge >= 0.3 is 86.2 Å². The molecule has 12 heavy (non-hydrogen) atoms. The zero-order chi connectivity index (χ0) is 9.19. The van der Waals surface area contributed by atoms with Crippen molar-refractivity contribution in [2.24, 2.45) is 0 Å². The van der Waals surface area contributed by atoms with Gasteiger partial charge in [-0.25, -0.2) is 0 Å². The van der Waals surface area contributed by atoms with Gasteiger partial charge in [-0.15, -0.1) is 0 Å². The van der Waals surface area contributed by atoms with Gasteiger partial charge in [-0.1, -0.05) is 0 Å². The molecule has 0 aliphatic heterocycles. The minimum absolute atomic E-state index is 0.226. The second-order valence-electron chi connectivity index (χ2n) is 4.60. The normalized spacial score (nSPS) is 17.3. The molecule has 0 saturated carbocycles. The molecule has 0 radical (unpaired) electrons. The fourth-order valence-electron chi connectivity index (χ4n) is 1.55. The van der Waals surface area contributed by atoms with E-state index in [2.05, 4.69) is 37.0 Å². The van der Waals surface area contributed by atoms with Crippen molar-refractivity contribution in [1.29, 1.82) is 0 Å². The molecule has 0 spiro atoms. The molecule has 0 heterocycles. The zero-order valence-corrected chi connectivity index (χ0v) is 11.1. The number of hydrogen-bond donors (Lipinski definition) is 0. The summed E-state index contributed by atoms with van der Waals surface area (Å²) in [6, 6.07) is 1.40. The van der Waals surface area contributed by atoms with Crippen LogP contribution >= 0.6 is 0 Å². The van der Waals surface area contributed by atoms with Crippen LogP contribution in [-0.2, 0) is 19.2 Å². The van der Waals surface area contributed by atoms with Gasteiger partial charge in [-0.3, -0.25) is 0 Å². The third-order valence-electron chi connectivity index (χ3n) is 2.05. The van der Waals surface area contributed by atoms with E-state index in [4.69, 9.17) is 0 Å². The molecule has 2 heteroatoms. The van der Waals surface area contributed by atoms with E-state index >= 15 is 0 Å². The van der Waals surface area contributed by atoms with Gasteiger partial charge in [-0.2, -0.15) is 0 Å². The van der Waals surface area contributed by atoms with Gasteiger partial charge < -0.3 is 0 Å². The summed E-state index contributed by atoms with van der Waals surface area (Å²) < 4.78 is 1.80. The first-order valence-corrected chi connectivity index (χ1v) is 10.6. The molecule has 1 rings (SSSR count). The minimum atomic E-state index is -0.869. The standard InChI is InChI=1S/C9H15Si.CH3.Ti/c1-10(2,3)8-9-6-4-5-7-9;;/h4,6H,5,8H2,1-3H3;1H3;. The Morgan fingerprint density at radius 2 is 2.08 bits per heavy atom. The first-order valence-electron chi connectivity index (χ1n) is 4.59. The maximum absolute atomic E-state index is 2.46. The Morgan fingerprint density at radius 1 is 1.42 bits per heavy atom. The summed E-state index contributed by atoms with van der Waals surface area (Å²) in [5.74, 6) is 0. The quantitative estimate of drug-likeness (QED) is 0.629. The van der Waals surface area contributed by atoms with Gasteiger partial charge in [0.05, 0.1) is 0 Å². The third kappa shape index (κ3) is 3.04. The summed E-state index contributed by atoms with van der Waals surface area (Å²) in [7, 11) is -0.869. The van der Waals surface area contributed by atoms with Crippen LogP contribution in [0.25, 0.3) is 0 Å². The van der Waals surface area contributed by atoms with Crippen LogP contribution in [0.2, 0.25) is 30.9 Å². The average Bonchev–Trinajstić information content (AvgIpc) is 2.31. The Bertz CT molecular complexity index is 220. The molecule has 0 bridgehead atoms. The van der Waals surface area contributed by atoms with Crippen molar-refractivity contribution < 1.29 is 19.2 Å². The van der Waals surface area contributed by atoms with Gasteiger partial charge in [0.25, 0.3) is 0 Å². The Hall–Kier alpha value is 0.411. The molecular formula is C10H18SiTi. The summed E-state index contributed by atoms with van der Waals surface area (Å²) >= 11 is 0.226. The van der Waals surface area contributed by atoms with Crippen molar-refractivity contribution in [3.05, 3.63) is 21.6 Å². The Morgan fingerprint density at radius 3 is 2.58 bits per heavy atom. The molecule has 1 aliphatic rings. The van der Waals surface area contributed by atoms with E-state index in [1.165, 1.54) is 12.5 Å². The van der Waals surface area contributed by atoms with Crippen LogP contribution in [0.15, 0.2) is 21.6 Å². The molecule has 0 amide bonds. The van der Waals surface area contributed by atoms with E-state index in [-0.39, 0.29) is 19.2 Å². The molecule has 0 aromatic rings. The molecule has 0 nitrogen and oxygen atoms in total. The number of rotatable bonds is 3. The SMILES string of the molecule is [CH3][Ti][C]1=C(C[Si](C)(C)C)C=CC1. The molecule has 0 aromatic heterocycles. The summed E-state index contributed by atoms with van der Waals surface area (Å²) in [6.07, 6.45) is 5.99. The topological polar surface area (TPSA) is 0 Å². The Balaban J connectivity index is 2.67. The van der Waals surface area contributed by atoms with E-state index in [1.807, 2.05) is 0 Å². The summed E-state index contributed by atoms with van der Waals surface area (Å²) in [5.41, 5.74) is 1.71. The van der Waals surface area contributed by atoms with Crippen LogP contribution in [0.3, 0.4) is 0 Å². The molecule has 0 atom stereocenters. The third-order valence-corrected chi connectivity index (χ3v) is 5.26. The van der Waals surface area contributed by atoms with E-state index in [9.17, 15) is 0 Å². The van der Waals surface area contributed by atoms with Crippen molar-refractivity contribution in [2.45, 2.75) is 37.3 Å². The van der Waals surface area contributed by atoms with Gasteiger partial charge in [-0.05, 0) is 0 Å². The van der Waals surface area contributed by atoms with Gasteiger partial charge in [0.1, 0.15) is 0 Å². The first kappa shape index (κ1) is 10.5. The van der Waals surface area contributed by atoms with Crippen molar-refractivity contribution in [1.82, 2.24) is 0 Å². The van der Waals surface area contributed by atoms with E-state index in [0.717, 1.165) is 0 Å². The second-order valence-corrected chi connectivity index (χ2v) is 11.8. The molecule has 0 N–H and O–H groups in total. The predicted molar refractivity (Wildman–Crippen MR) is 54.8 cm³/mol. The van der Waals surface area contributed by atoms with Crippen LogP contribution in [-0.4, -0.2) is 8.07 Å². The summed E-state index contributed by atoms with van der Waals surface area (Å²) in [5, 5.41) is 2.40. The molecular weight excluding hydrogens is 196 g/mol. The van der Waals surface area contributed by atoms with Crippen LogP contribution in [0, 0.1) is 0 Å². The van der Waals surface area contributed by atoms with E-state index in [0.29, 0.717) is 0 Å². The fraction of sp³-hybridized carbons (Fsp3) is 0.600. The summed E-state index contributed by atoms with van der Waals surface area (Å²) in [4.78, 5) is 0. The van der Waals surface area contributed by atoms with Crippen LogP contribution in [0.5, 0.6) is 0 Å². The van der Waals surface area contributed by atoms with E-state index in [1.54, 1.807) is 9.45 Å². The molecule has 0 saturated heterocycles.